The Bertz CT molecular complexity index is 391. The SMILES string of the molecule is O=S(=O)(Cl)/C=C\c1ccc(Cl)o1. The highest BCUT2D eigenvalue weighted by Crippen LogP contribution is 2.15. The summed E-state index contributed by atoms with van der Waals surface area (Å²) in [5, 5.41) is 1.02. The minimum absolute atomic E-state index is 0.196. The van der Waals surface area contributed by atoms with Gasteiger partial charge in [-0.2, -0.15) is 0 Å². The van der Waals surface area contributed by atoms with Crippen molar-refractivity contribution >= 4 is 37.4 Å². The number of halogens is 2. The van der Waals surface area contributed by atoms with Gasteiger partial charge in [0.15, 0.2) is 5.22 Å². The lowest BCUT2D eigenvalue weighted by molar-refractivity contribution is 0.559. The van der Waals surface area contributed by atoms with Crippen molar-refractivity contribution < 1.29 is 12.8 Å². The molecule has 1 rings (SSSR count). The van der Waals surface area contributed by atoms with Crippen LogP contribution in [0.5, 0.6) is 0 Å². The monoisotopic (exact) mass is 226 g/mol. The molecule has 0 spiro atoms. The van der Waals surface area contributed by atoms with E-state index >= 15 is 0 Å². The van der Waals surface area contributed by atoms with Crippen molar-refractivity contribution in [3.63, 3.8) is 0 Å². The molecule has 1 aromatic rings. The maximum absolute atomic E-state index is 10.4. The van der Waals surface area contributed by atoms with Crippen LogP contribution in [0.2, 0.25) is 5.22 Å². The average molecular weight is 227 g/mol. The van der Waals surface area contributed by atoms with Gasteiger partial charge in [-0.25, -0.2) is 8.42 Å². The normalized spacial score (nSPS) is 12.5. The van der Waals surface area contributed by atoms with Gasteiger partial charge in [0.05, 0.1) is 0 Å². The van der Waals surface area contributed by atoms with Gasteiger partial charge in [0.25, 0.3) is 9.05 Å². The van der Waals surface area contributed by atoms with Crippen LogP contribution in [0.1, 0.15) is 5.76 Å². The van der Waals surface area contributed by atoms with Crippen LogP contribution in [-0.4, -0.2) is 8.42 Å². The summed E-state index contributed by atoms with van der Waals surface area (Å²) in [4.78, 5) is 0. The largest absolute Gasteiger partial charge is 0.445 e. The Morgan fingerprint density at radius 2 is 2.08 bits per heavy atom. The molecule has 3 nitrogen and oxygen atoms in total. The Balaban J connectivity index is 2.84. The predicted octanol–water partition coefficient (Wildman–Crippen LogP) is 2.47. The second-order valence-corrected chi connectivity index (χ2v) is 4.81. The quantitative estimate of drug-likeness (QED) is 0.729. The van der Waals surface area contributed by atoms with Gasteiger partial charge in [-0.05, 0) is 29.8 Å². The van der Waals surface area contributed by atoms with Crippen LogP contribution in [0.4, 0.5) is 0 Å². The lowest BCUT2D eigenvalue weighted by atomic mass is 10.4. The van der Waals surface area contributed by atoms with Crippen molar-refractivity contribution in [3.8, 4) is 0 Å². The fourth-order valence-electron chi connectivity index (χ4n) is 0.566. The third-order valence-electron chi connectivity index (χ3n) is 0.989. The van der Waals surface area contributed by atoms with Crippen LogP contribution in [0.25, 0.3) is 6.08 Å². The third kappa shape index (κ3) is 3.30. The molecule has 0 N–H and O–H groups in total. The minimum Gasteiger partial charge on any atom is -0.445 e. The molecule has 0 aliphatic carbocycles. The van der Waals surface area contributed by atoms with Crippen LogP contribution in [-0.2, 0) is 9.05 Å². The number of hydrogen-bond donors (Lipinski definition) is 0. The molecule has 1 aromatic heterocycles. The molecule has 0 radical (unpaired) electrons. The fraction of sp³-hybridized carbons (Fsp3) is 0. The van der Waals surface area contributed by atoms with Crippen LogP contribution >= 0.6 is 22.3 Å². The maximum Gasteiger partial charge on any atom is 0.254 e. The highest BCUT2D eigenvalue weighted by atomic mass is 35.7. The van der Waals surface area contributed by atoms with Crippen LogP contribution in [0, 0.1) is 0 Å². The standard InChI is InChI=1S/C6H4Cl2O3S/c7-6-2-1-5(11-6)3-4-12(8,9)10/h1-4H/b4-3-. The van der Waals surface area contributed by atoms with Crippen molar-refractivity contribution in [1.82, 2.24) is 0 Å². The van der Waals surface area contributed by atoms with E-state index in [0.29, 0.717) is 5.76 Å². The van der Waals surface area contributed by atoms with Gasteiger partial charge in [0.2, 0.25) is 0 Å². The van der Waals surface area contributed by atoms with Gasteiger partial charge >= 0.3 is 0 Å². The summed E-state index contributed by atoms with van der Waals surface area (Å²) in [6.45, 7) is 0. The van der Waals surface area contributed by atoms with Gasteiger partial charge in [0.1, 0.15) is 5.76 Å². The molecule has 0 unspecified atom stereocenters. The first kappa shape index (κ1) is 9.64. The maximum atomic E-state index is 10.4. The first-order valence-electron chi connectivity index (χ1n) is 2.85. The summed E-state index contributed by atoms with van der Waals surface area (Å²) >= 11 is 5.43. The Morgan fingerprint density at radius 1 is 1.42 bits per heavy atom. The zero-order valence-electron chi connectivity index (χ0n) is 5.70. The van der Waals surface area contributed by atoms with E-state index in [1.807, 2.05) is 0 Å². The van der Waals surface area contributed by atoms with Gasteiger partial charge in [-0.1, -0.05) is 0 Å². The van der Waals surface area contributed by atoms with E-state index in [1.165, 1.54) is 18.2 Å². The third-order valence-corrected chi connectivity index (χ3v) is 1.96. The van der Waals surface area contributed by atoms with E-state index in [9.17, 15) is 8.42 Å². The molecule has 0 aliphatic rings. The van der Waals surface area contributed by atoms with E-state index < -0.39 is 9.05 Å². The Labute approximate surface area is 79.0 Å². The summed E-state index contributed by atoms with van der Waals surface area (Å²) in [6.07, 6.45) is 1.22. The summed E-state index contributed by atoms with van der Waals surface area (Å²) in [5.74, 6) is 0.337. The first-order chi connectivity index (χ1) is 5.47. The molecular weight excluding hydrogens is 223 g/mol. The van der Waals surface area contributed by atoms with E-state index in [4.69, 9.17) is 26.7 Å². The van der Waals surface area contributed by atoms with Crippen molar-refractivity contribution in [2.24, 2.45) is 0 Å². The summed E-state index contributed by atoms with van der Waals surface area (Å²) in [5.41, 5.74) is 0. The zero-order chi connectivity index (χ0) is 9.19. The second kappa shape index (κ2) is 3.51. The van der Waals surface area contributed by atoms with Gasteiger partial charge < -0.3 is 4.42 Å². The van der Waals surface area contributed by atoms with E-state index in [0.717, 1.165) is 5.41 Å². The zero-order valence-corrected chi connectivity index (χ0v) is 8.03. The number of rotatable bonds is 2. The smallest absolute Gasteiger partial charge is 0.254 e. The highest BCUT2D eigenvalue weighted by molar-refractivity contribution is 8.16. The van der Waals surface area contributed by atoms with Crippen LogP contribution < -0.4 is 0 Å². The Morgan fingerprint density at radius 3 is 2.50 bits per heavy atom. The molecule has 0 fully saturated rings. The van der Waals surface area contributed by atoms with E-state index in [2.05, 4.69) is 0 Å². The summed E-state index contributed by atoms with van der Waals surface area (Å²) in [6, 6.07) is 3.03. The Hall–Kier alpha value is -0.450. The molecular formula is C6H4Cl2O3S. The molecule has 0 amide bonds. The second-order valence-electron chi connectivity index (χ2n) is 1.92. The lowest BCUT2D eigenvalue weighted by Gasteiger charge is -1.82. The molecule has 0 saturated heterocycles. The van der Waals surface area contributed by atoms with Crippen molar-refractivity contribution in [2.45, 2.75) is 0 Å². The van der Waals surface area contributed by atoms with E-state index in [-0.39, 0.29) is 5.22 Å². The molecule has 0 saturated carbocycles. The predicted molar refractivity (Wildman–Crippen MR) is 47.5 cm³/mol. The molecule has 0 aliphatic heterocycles. The minimum atomic E-state index is -3.62. The van der Waals surface area contributed by atoms with Crippen molar-refractivity contribution in [1.29, 1.82) is 0 Å². The molecule has 12 heavy (non-hydrogen) atoms. The first-order valence-corrected chi connectivity index (χ1v) is 5.60. The van der Waals surface area contributed by atoms with Gasteiger partial charge in [-0.3, -0.25) is 0 Å². The molecule has 6 heteroatoms. The van der Waals surface area contributed by atoms with Crippen molar-refractivity contribution in [3.05, 3.63) is 28.5 Å². The highest BCUT2D eigenvalue weighted by Gasteiger charge is 1.99. The molecule has 1 heterocycles. The van der Waals surface area contributed by atoms with Crippen LogP contribution in [0.15, 0.2) is 22.0 Å². The summed E-state index contributed by atoms with van der Waals surface area (Å²) < 4.78 is 25.7. The Kier molecular flexibility index (Phi) is 2.82. The fourth-order valence-corrected chi connectivity index (χ4v) is 1.17. The molecule has 0 bridgehead atoms. The van der Waals surface area contributed by atoms with Crippen LogP contribution in [0.3, 0.4) is 0 Å². The number of hydrogen-bond acceptors (Lipinski definition) is 3. The molecule has 0 atom stereocenters. The topological polar surface area (TPSA) is 47.3 Å². The van der Waals surface area contributed by atoms with Gasteiger partial charge in [0, 0.05) is 16.1 Å². The lowest BCUT2D eigenvalue weighted by Crippen LogP contribution is -1.77. The number of furan rings is 1. The summed E-state index contributed by atoms with van der Waals surface area (Å²) in [7, 11) is 1.28. The van der Waals surface area contributed by atoms with Crippen molar-refractivity contribution in [2.75, 3.05) is 0 Å². The average Bonchev–Trinajstić information content (AvgIpc) is 2.30. The molecule has 66 valence electrons. The van der Waals surface area contributed by atoms with Gasteiger partial charge in [-0.15, -0.1) is 0 Å². The van der Waals surface area contributed by atoms with E-state index in [1.54, 1.807) is 0 Å². The molecule has 0 aromatic carbocycles.